The van der Waals surface area contributed by atoms with Crippen LogP contribution >= 0.6 is 0 Å². The Labute approximate surface area is 98.0 Å². The Morgan fingerprint density at radius 2 is 1.88 bits per heavy atom. The fourth-order valence-corrected chi connectivity index (χ4v) is 1.43. The number of rotatable bonds is 4. The van der Waals surface area contributed by atoms with E-state index in [1.807, 2.05) is 6.07 Å². The van der Waals surface area contributed by atoms with E-state index in [4.69, 9.17) is 0 Å². The van der Waals surface area contributed by atoms with Gasteiger partial charge in [-0.1, -0.05) is 42.5 Å². The first-order valence-electron chi connectivity index (χ1n) is 5.20. The molecule has 0 saturated heterocycles. The fourth-order valence-electron chi connectivity index (χ4n) is 1.43. The van der Waals surface area contributed by atoms with Crippen molar-refractivity contribution in [2.75, 3.05) is 0 Å². The second-order valence-corrected chi connectivity index (χ2v) is 3.75. The van der Waals surface area contributed by atoms with Gasteiger partial charge in [0, 0.05) is 0 Å². The van der Waals surface area contributed by atoms with Crippen molar-refractivity contribution >= 4 is 11.9 Å². The van der Waals surface area contributed by atoms with Crippen LogP contribution in [0.15, 0.2) is 36.4 Å². The summed E-state index contributed by atoms with van der Waals surface area (Å²) in [7, 11) is 0. The van der Waals surface area contributed by atoms with Crippen LogP contribution in [-0.2, 0) is 4.79 Å². The fraction of sp³-hybridized carbons (Fsp3) is 0.308. The van der Waals surface area contributed by atoms with Gasteiger partial charge in [-0.25, -0.2) is 0 Å². The summed E-state index contributed by atoms with van der Waals surface area (Å²) in [6, 6.07) is 8.99. The minimum absolute atomic E-state index is 0.312. The zero-order valence-electron chi connectivity index (χ0n) is 9.37. The lowest BCUT2D eigenvalue weighted by Gasteiger charge is -2.15. The van der Waals surface area contributed by atoms with E-state index in [1.54, 1.807) is 30.3 Å². The molecule has 0 aliphatic rings. The van der Waals surface area contributed by atoms with Crippen LogP contribution in [0.25, 0.3) is 6.08 Å². The second kappa shape index (κ2) is 5.66. The summed E-state index contributed by atoms with van der Waals surface area (Å²) in [6.45, 7) is 0.967. The van der Waals surface area contributed by atoms with E-state index in [2.05, 4.69) is 0 Å². The smallest absolute Gasteiger partial charge is 0.299 e. The molecule has 0 amide bonds. The molecule has 0 bridgehead atoms. The van der Waals surface area contributed by atoms with Crippen LogP contribution in [0.3, 0.4) is 0 Å². The van der Waals surface area contributed by atoms with Gasteiger partial charge in [0.1, 0.15) is 11.7 Å². The number of allylic oxidation sites excluding steroid dienone is 1. The highest BCUT2D eigenvalue weighted by molar-refractivity contribution is 5.79. The first-order valence-corrected chi connectivity index (χ1v) is 5.20. The van der Waals surface area contributed by atoms with Crippen LogP contribution in [0.4, 0.5) is 13.2 Å². The highest BCUT2D eigenvalue weighted by Crippen LogP contribution is 2.30. The molecule has 0 heterocycles. The Kier molecular flexibility index (Phi) is 4.49. The third-order valence-corrected chi connectivity index (χ3v) is 2.37. The van der Waals surface area contributed by atoms with Gasteiger partial charge < -0.3 is 0 Å². The van der Waals surface area contributed by atoms with Crippen molar-refractivity contribution in [1.82, 2.24) is 0 Å². The predicted molar refractivity (Wildman–Crippen MR) is 60.3 cm³/mol. The second-order valence-electron chi connectivity index (χ2n) is 3.75. The molecule has 1 aromatic rings. The molecule has 17 heavy (non-hydrogen) atoms. The highest BCUT2D eigenvalue weighted by atomic mass is 19.4. The maximum atomic E-state index is 12.4. The van der Waals surface area contributed by atoms with Crippen molar-refractivity contribution in [2.24, 2.45) is 5.92 Å². The lowest BCUT2D eigenvalue weighted by Crippen LogP contribution is -2.28. The normalized spacial score (nSPS) is 13.9. The summed E-state index contributed by atoms with van der Waals surface area (Å²) >= 11 is 0. The lowest BCUT2D eigenvalue weighted by molar-refractivity contribution is -0.179. The SMILES string of the molecule is CC(=O)C(C/C=C/c1ccccc1)C(F)(F)F. The number of benzene rings is 1. The molecule has 0 aliphatic heterocycles. The molecule has 1 atom stereocenters. The number of hydrogen-bond donors (Lipinski definition) is 0. The Morgan fingerprint density at radius 1 is 1.29 bits per heavy atom. The van der Waals surface area contributed by atoms with Gasteiger partial charge in [0.25, 0.3) is 0 Å². The van der Waals surface area contributed by atoms with Crippen molar-refractivity contribution in [2.45, 2.75) is 19.5 Å². The molecule has 0 fully saturated rings. The number of Topliss-reactive ketones (excluding diaryl/α,β-unsaturated/α-hetero) is 1. The lowest BCUT2D eigenvalue weighted by atomic mass is 10.00. The van der Waals surface area contributed by atoms with E-state index in [-0.39, 0.29) is 6.42 Å². The summed E-state index contributed by atoms with van der Waals surface area (Å²) in [5, 5.41) is 0. The monoisotopic (exact) mass is 242 g/mol. The maximum Gasteiger partial charge on any atom is 0.398 e. The van der Waals surface area contributed by atoms with Crippen molar-refractivity contribution in [3.63, 3.8) is 0 Å². The van der Waals surface area contributed by atoms with Crippen molar-refractivity contribution in [3.8, 4) is 0 Å². The van der Waals surface area contributed by atoms with Gasteiger partial charge >= 0.3 is 6.18 Å². The first-order chi connectivity index (χ1) is 7.91. The Hall–Kier alpha value is -1.58. The molecule has 0 saturated carbocycles. The van der Waals surface area contributed by atoms with Crippen LogP contribution in [-0.4, -0.2) is 12.0 Å². The van der Waals surface area contributed by atoms with Gasteiger partial charge in [-0.15, -0.1) is 0 Å². The summed E-state index contributed by atoms with van der Waals surface area (Å²) in [5.74, 6) is -2.75. The number of halogens is 3. The zero-order chi connectivity index (χ0) is 12.9. The molecule has 1 aromatic carbocycles. The van der Waals surface area contributed by atoms with E-state index in [0.29, 0.717) is 0 Å². The molecule has 0 spiro atoms. The predicted octanol–water partition coefficient (Wildman–Crippen LogP) is 3.86. The van der Waals surface area contributed by atoms with E-state index in [1.165, 1.54) is 6.08 Å². The summed E-state index contributed by atoms with van der Waals surface area (Å²) in [5.41, 5.74) is 0.817. The number of carbonyl (C=O) groups excluding carboxylic acids is 1. The zero-order valence-corrected chi connectivity index (χ0v) is 9.37. The molecule has 0 aromatic heterocycles. The summed E-state index contributed by atoms with van der Waals surface area (Å²) < 4.78 is 37.3. The molecule has 0 aliphatic carbocycles. The molecule has 4 heteroatoms. The average Bonchev–Trinajstić information content (AvgIpc) is 2.23. The molecule has 92 valence electrons. The standard InChI is InChI=1S/C13H13F3O/c1-10(17)12(13(14,15)16)9-5-8-11-6-3-2-4-7-11/h2-8,12H,9H2,1H3/b8-5+. The van der Waals surface area contributed by atoms with E-state index < -0.39 is 17.9 Å². The van der Waals surface area contributed by atoms with Crippen LogP contribution in [0.5, 0.6) is 0 Å². The highest BCUT2D eigenvalue weighted by Gasteiger charge is 2.41. The van der Waals surface area contributed by atoms with Gasteiger partial charge in [-0.2, -0.15) is 13.2 Å². The minimum atomic E-state index is -4.47. The van der Waals surface area contributed by atoms with E-state index in [9.17, 15) is 18.0 Å². The van der Waals surface area contributed by atoms with E-state index >= 15 is 0 Å². The average molecular weight is 242 g/mol. The maximum absolute atomic E-state index is 12.4. The van der Waals surface area contributed by atoms with Crippen molar-refractivity contribution in [3.05, 3.63) is 42.0 Å². The number of alkyl halides is 3. The number of ketones is 1. The Bertz CT molecular complexity index is 393. The molecule has 1 nitrogen and oxygen atoms in total. The van der Waals surface area contributed by atoms with Gasteiger partial charge in [-0.05, 0) is 18.9 Å². The van der Waals surface area contributed by atoms with Gasteiger partial charge in [0.05, 0.1) is 0 Å². The molecule has 0 radical (unpaired) electrons. The van der Waals surface area contributed by atoms with Crippen LogP contribution in [0, 0.1) is 5.92 Å². The van der Waals surface area contributed by atoms with Crippen LogP contribution in [0.2, 0.25) is 0 Å². The quantitative estimate of drug-likeness (QED) is 0.783. The van der Waals surface area contributed by atoms with Crippen molar-refractivity contribution < 1.29 is 18.0 Å². The van der Waals surface area contributed by atoms with Crippen LogP contribution < -0.4 is 0 Å². The van der Waals surface area contributed by atoms with Gasteiger partial charge in [0.15, 0.2) is 0 Å². The molecular formula is C13H13F3O. The van der Waals surface area contributed by atoms with E-state index in [0.717, 1.165) is 12.5 Å². The summed E-state index contributed by atoms with van der Waals surface area (Å²) in [4.78, 5) is 10.9. The largest absolute Gasteiger partial charge is 0.398 e. The van der Waals surface area contributed by atoms with Gasteiger partial charge in [-0.3, -0.25) is 4.79 Å². The molecule has 1 unspecified atom stereocenters. The van der Waals surface area contributed by atoms with Crippen molar-refractivity contribution in [1.29, 1.82) is 0 Å². The summed E-state index contributed by atoms with van der Waals surface area (Å²) in [6.07, 6.45) is -1.81. The van der Waals surface area contributed by atoms with Crippen LogP contribution in [0.1, 0.15) is 18.9 Å². The topological polar surface area (TPSA) is 17.1 Å². The molecule has 1 rings (SSSR count). The molecular weight excluding hydrogens is 229 g/mol. The third kappa shape index (κ3) is 4.43. The minimum Gasteiger partial charge on any atom is -0.299 e. The number of hydrogen-bond acceptors (Lipinski definition) is 1. The third-order valence-electron chi connectivity index (χ3n) is 2.37. The molecule has 0 N–H and O–H groups in total. The Balaban J connectivity index is 2.65. The Morgan fingerprint density at radius 3 is 2.35 bits per heavy atom. The first kappa shape index (κ1) is 13.5. The number of carbonyl (C=O) groups is 1. The van der Waals surface area contributed by atoms with Gasteiger partial charge in [0.2, 0.25) is 0 Å².